The molecule has 3 aromatic carbocycles. The average molecular weight is 499 g/mol. The Morgan fingerprint density at radius 1 is 0.765 bits per heavy atom. The van der Waals surface area contributed by atoms with Crippen LogP contribution in [0.2, 0.25) is 0 Å². The molecule has 174 valence electrons. The van der Waals surface area contributed by atoms with Gasteiger partial charge in [0.1, 0.15) is 5.82 Å². The molecule has 34 heavy (non-hydrogen) atoms. The van der Waals surface area contributed by atoms with Gasteiger partial charge in [-0.2, -0.15) is 9.78 Å². The average Bonchev–Trinajstić information content (AvgIpc) is 2.79. The van der Waals surface area contributed by atoms with Gasteiger partial charge in [-0.1, -0.05) is 30.3 Å². The zero-order valence-electron chi connectivity index (χ0n) is 18.1. The van der Waals surface area contributed by atoms with Gasteiger partial charge in [-0.3, -0.25) is 4.79 Å². The summed E-state index contributed by atoms with van der Waals surface area (Å²) in [5, 5.41) is 4.24. The fourth-order valence-corrected chi connectivity index (χ4v) is 4.77. The Labute approximate surface area is 196 Å². The standard InChI is InChI=1S/C24H19FN2O5S2/c1-33(29,30)20-12-8-16(9-13-20)22-15-26-27(19-4-3-5-21(14-19)34(2,31)32)24(28)23(22)17-6-10-18(25)11-7-17/h3-15H,1-2H3. The summed E-state index contributed by atoms with van der Waals surface area (Å²) in [5.41, 5.74) is 1.26. The second-order valence-electron chi connectivity index (χ2n) is 7.72. The molecule has 4 aromatic rings. The predicted octanol–water partition coefficient (Wildman–Crippen LogP) is 3.51. The Bertz CT molecular complexity index is 1660. The second kappa shape index (κ2) is 8.62. The summed E-state index contributed by atoms with van der Waals surface area (Å²) in [5.74, 6) is -0.474. The minimum atomic E-state index is -3.51. The fourth-order valence-electron chi connectivity index (χ4n) is 3.48. The predicted molar refractivity (Wildman–Crippen MR) is 127 cm³/mol. The second-order valence-corrected chi connectivity index (χ2v) is 11.8. The number of halogens is 1. The molecular formula is C24H19FN2O5S2. The van der Waals surface area contributed by atoms with Crippen molar-refractivity contribution in [2.24, 2.45) is 0 Å². The molecule has 0 unspecified atom stereocenters. The Kier molecular flexibility index (Phi) is 5.96. The highest BCUT2D eigenvalue weighted by Crippen LogP contribution is 2.30. The number of benzene rings is 3. The summed E-state index contributed by atoms with van der Waals surface area (Å²) in [6.45, 7) is 0. The van der Waals surface area contributed by atoms with E-state index in [-0.39, 0.29) is 21.0 Å². The van der Waals surface area contributed by atoms with Crippen LogP contribution < -0.4 is 5.56 Å². The topological polar surface area (TPSA) is 103 Å². The molecule has 1 aromatic heterocycles. The van der Waals surface area contributed by atoms with E-state index >= 15 is 0 Å². The van der Waals surface area contributed by atoms with Gasteiger partial charge in [-0.15, -0.1) is 0 Å². The molecule has 0 saturated carbocycles. The number of sulfone groups is 2. The van der Waals surface area contributed by atoms with Crippen molar-refractivity contribution in [1.29, 1.82) is 0 Å². The molecule has 0 amide bonds. The van der Waals surface area contributed by atoms with Gasteiger partial charge in [0.2, 0.25) is 0 Å². The first-order valence-electron chi connectivity index (χ1n) is 9.94. The Morgan fingerprint density at radius 2 is 1.35 bits per heavy atom. The minimum Gasteiger partial charge on any atom is -0.267 e. The van der Waals surface area contributed by atoms with Gasteiger partial charge in [-0.25, -0.2) is 21.2 Å². The highest BCUT2D eigenvalue weighted by atomic mass is 32.2. The van der Waals surface area contributed by atoms with Crippen LogP contribution in [0.1, 0.15) is 0 Å². The van der Waals surface area contributed by atoms with E-state index in [9.17, 15) is 26.0 Å². The van der Waals surface area contributed by atoms with Gasteiger partial charge < -0.3 is 0 Å². The Balaban J connectivity index is 1.97. The van der Waals surface area contributed by atoms with Crippen molar-refractivity contribution in [3.8, 4) is 27.9 Å². The van der Waals surface area contributed by atoms with Gasteiger partial charge in [-0.05, 0) is 53.6 Å². The van der Waals surface area contributed by atoms with Crippen LogP contribution in [-0.2, 0) is 19.7 Å². The first-order valence-corrected chi connectivity index (χ1v) is 13.7. The van der Waals surface area contributed by atoms with Crippen molar-refractivity contribution in [1.82, 2.24) is 9.78 Å². The van der Waals surface area contributed by atoms with E-state index in [4.69, 9.17) is 0 Å². The van der Waals surface area contributed by atoms with E-state index in [2.05, 4.69) is 5.10 Å². The third-order valence-corrected chi connectivity index (χ3v) is 7.43. The molecule has 0 N–H and O–H groups in total. The molecule has 0 bridgehead atoms. The normalized spacial score (nSPS) is 12.0. The smallest absolute Gasteiger partial charge is 0.267 e. The lowest BCUT2D eigenvalue weighted by Gasteiger charge is -2.13. The molecule has 0 aliphatic rings. The summed E-state index contributed by atoms with van der Waals surface area (Å²) >= 11 is 0. The van der Waals surface area contributed by atoms with E-state index in [0.717, 1.165) is 17.2 Å². The minimum absolute atomic E-state index is 0.0301. The van der Waals surface area contributed by atoms with Crippen molar-refractivity contribution < 1.29 is 21.2 Å². The van der Waals surface area contributed by atoms with Crippen LogP contribution in [0.3, 0.4) is 0 Å². The van der Waals surface area contributed by atoms with Gasteiger partial charge in [0.05, 0.1) is 27.2 Å². The molecule has 0 saturated heterocycles. The molecular weight excluding hydrogens is 479 g/mol. The zero-order chi connectivity index (χ0) is 24.7. The van der Waals surface area contributed by atoms with E-state index in [1.807, 2.05) is 0 Å². The van der Waals surface area contributed by atoms with Gasteiger partial charge >= 0.3 is 0 Å². The SMILES string of the molecule is CS(=O)(=O)c1ccc(-c2cnn(-c3cccc(S(C)(=O)=O)c3)c(=O)c2-c2ccc(F)cc2)cc1. The maximum Gasteiger partial charge on any atom is 0.279 e. The van der Waals surface area contributed by atoms with Crippen LogP contribution in [0, 0.1) is 5.82 Å². The summed E-state index contributed by atoms with van der Waals surface area (Å²) in [4.78, 5) is 13.8. The molecule has 10 heteroatoms. The lowest BCUT2D eigenvalue weighted by Crippen LogP contribution is -2.23. The van der Waals surface area contributed by atoms with Crippen molar-refractivity contribution in [3.63, 3.8) is 0 Å². The number of nitrogens with zero attached hydrogens (tertiary/aromatic N) is 2. The van der Waals surface area contributed by atoms with Crippen molar-refractivity contribution in [2.45, 2.75) is 9.79 Å². The highest BCUT2D eigenvalue weighted by molar-refractivity contribution is 7.91. The molecule has 0 spiro atoms. The monoisotopic (exact) mass is 498 g/mol. The third-order valence-electron chi connectivity index (χ3n) is 5.19. The Morgan fingerprint density at radius 3 is 1.94 bits per heavy atom. The number of aromatic nitrogens is 2. The molecule has 0 atom stereocenters. The van der Waals surface area contributed by atoms with Crippen LogP contribution in [0.5, 0.6) is 0 Å². The molecule has 7 nitrogen and oxygen atoms in total. The summed E-state index contributed by atoms with van der Waals surface area (Å²) in [6, 6.07) is 17.2. The number of rotatable bonds is 5. The van der Waals surface area contributed by atoms with Crippen molar-refractivity contribution in [2.75, 3.05) is 12.5 Å². The van der Waals surface area contributed by atoms with E-state index in [1.54, 1.807) is 18.2 Å². The van der Waals surface area contributed by atoms with Crippen LogP contribution in [-0.4, -0.2) is 39.1 Å². The number of hydrogen-bond donors (Lipinski definition) is 0. The molecule has 0 aliphatic carbocycles. The highest BCUT2D eigenvalue weighted by Gasteiger charge is 2.18. The molecule has 0 aliphatic heterocycles. The van der Waals surface area contributed by atoms with Gasteiger partial charge in [0.25, 0.3) is 5.56 Å². The molecule has 0 fully saturated rings. The largest absolute Gasteiger partial charge is 0.279 e. The van der Waals surface area contributed by atoms with Crippen LogP contribution >= 0.6 is 0 Å². The molecule has 1 heterocycles. The van der Waals surface area contributed by atoms with Crippen LogP contribution in [0.4, 0.5) is 4.39 Å². The summed E-state index contributed by atoms with van der Waals surface area (Å²) < 4.78 is 62.2. The van der Waals surface area contributed by atoms with E-state index in [1.165, 1.54) is 60.8 Å². The summed E-state index contributed by atoms with van der Waals surface area (Å²) in [7, 11) is -6.92. The third kappa shape index (κ3) is 4.68. The van der Waals surface area contributed by atoms with E-state index in [0.29, 0.717) is 16.7 Å². The summed E-state index contributed by atoms with van der Waals surface area (Å²) in [6.07, 6.45) is 3.59. The quantitative estimate of drug-likeness (QED) is 0.417. The van der Waals surface area contributed by atoms with E-state index < -0.39 is 31.1 Å². The molecule has 4 rings (SSSR count). The van der Waals surface area contributed by atoms with Gasteiger partial charge in [0.15, 0.2) is 19.7 Å². The molecule has 0 radical (unpaired) electrons. The van der Waals surface area contributed by atoms with Gasteiger partial charge in [0, 0.05) is 18.1 Å². The zero-order valence-corrected chi connectivity index (χ0v) is 19.8. The first kappa shape index (κ1) is 23.5. The van der Waals surface area contributed by atoms with Crippen molar-refractivity contribution >= 4 is 19.7 Å². The lowest BCUT2D eigenvalue weighted by molar-refractivity contribution is 0.600. The van der Waals surface area contributed by atoms with Crippen molar-refractivity contribution in [3.05, 3.63) is 95.2 Å². The van der Waals surface area contributed by atoms with Crippen LogP contribution in [0.25, 0.3) is 27.9 Å². The lowest BCUT2D eigenvalue weighted by atomic mass is 9.97. The van der Waals surface area contributed by atoms with Crippen LogP contribution in [0.15, 0.2) is 93.6 Å². The maximum absolute atomic E-state index is 13.6. The maximum atomic E-state index is 13.6. The number of hydrogen-bond acceptors (Lipinski definition) is 6. The first-order chi connectivity index (χ1) is 15.9. The fraction of sp³-hybridized carbons (Fsp3) is 0.0833. The Hall–Kier alpha value is -3.63.